The molecule has 0 aliphatic heterocycles. The molecular weight excluding hydrogens is 276 g/mol. The summed E-state index contributed by atoms with van der Waals surface area (Å²) in [6.07, 6.45) is 3.41. The summed E-state index contributed by atoms with van der Waals surface area (Å²) in [6, 6.07) is 0. The molecule has 0 aliphatic rings. The van der Waals surface area contributed by atoms with Gasteiger partial charge in [-0.25, -0.2) is 4.98 Å². The second kappa shape index (κ2) is 5.97. The van der Waals surface area contributed by atoms with Crippen LogP contribution in [0, 0.1) is 0 Å². The zero-order valence-corrected chi connectivity index (χ0v) is 13.1. The van der Waals surface area contributed by atoms with E-state index in [2.05, 4.69) is 10.1 Å². The number of aliphatic hydroxyl groups excluding tert-OH is 1. The highest BCUT2D eigenvalue weighted by atomic mass is 35.5. The second-order valence-electron chi connectivity index (χ2n) is 5.22. The molecule has 0 saturated carbocycles. The predicted octanol–water partition coefficient (Wildman–Crippen LogP) is 2.69. The van der Waals surface area contributed by atoms with Crippen LogP contribution in [0.2, 0.25) is 5.15 Å². The van der Waals surface area contributed by atoms with E-state index in [1.54, 1.807) is 17.9 Å². The van der Waals surface area contributed by atoms with Crippen LogP contribution in [-0.4, -0.2) is 24.4 Å². The third-order valence-electron chi connectivity index (χ3n) is 3.44. The number of aliphatic hydroxyl groups is 1. The molecule has 1 atom stereocenters. The van der Waals surface area contributed by atoms with Crippen molar-refractivity contribution < 1.29 is 5.11 Å². The van der Waals surface area contributed by atoms with Crippen molar-refractivity contribution in [2.24, 2.45) is 7.05 Å². The largest absolute Gasteiger partial charge is 0.388 e. The van der Waals surface area contributed by atoms with E-state index in [0.717, 1.165) is 23.6 Å². The summed E-state index contributed by atoms with van der Waals surface area (Å²) < 4.78 is 3.63. The molecule has 0 aromatic carbocycles. The first-order chi connectivity index (χ1) is 9.45. The van der Waals surface area contributed by atoms with Crippen LogP contribution < -0.4 is 0 Å². The normalized spacial score (nSPS) is 13.2. The van der Waals surface area contributed by atoms with E-state index < -0.39 is 6.10 Å². The van der Waals surface area contributed by atoms with Gasteiger partial charge >= 0.3 is 0 Å². The summed E-state index contributed by atoms with van der Waals surface area (Å²) in [5, 5.41) is 15.4. The number of halogens is 1. The van der Waals surface area contributed by atoms with Gasteiger partial charge in [-0.3, -0.25) is 4.68 Å². The van der Waals surface area contributed by atoms with Gasteiger partial charge in [-0.2, -0.15) is 5.10 Å². The highest BCUT2D eigenvalue weighted by Gasteiger charge is 2.24. The highest BCUT2D eigenvalue weighted by molar-refractivity contribution is 6.30. The fourth-order valence-electron chi connectivity index (χ4n) is 2.37. The highest BCUT2D eigenvalue weighted by Crippen LogP contribution is 2.32. The van der Waals surface area contributed by atoms with Crippen molar-refractivity contribution >= 4 is 11.6 Å². The van der Waals surface area contributed by atoms with Gasteiger partial charge in [0.1, 0.15) is 11.0 Å². The summed E-state index contributed by atoms with van der Waals surface area (Å²) in [6.45, 7) is 6.97. The van der Waals surface area contributed by atoms with Crippen LogP contribution in [0.25, 0.3) is 0 Å². The van der Waals surface area contributed by atoms with Gasteiger partial charge < -0.3 is 9.67 Å². The van der Waals surface area contributed by atoms with Gasteiger partial charge in [0.2, 0.25) is 0 Å². The molecule has 0 fully saturated rings. The van der Waals surface area contributed by atoms with E-state index in [-0.39, 0.29) is 5.92 Å². The van der Waals surface area contributed by atoms with Crippen LogP contribution in [0.5, 0.6) is 0 Å². The summed E-state index contributed by atoms with van der Waals surface area (Å²) in [5.41, 5.74) is 1.56. The zero-order chi connectivity index (χ0) is 14.9. The molecule has 5 nitrogen and oxygen atoms in total. The van der Waals surface area contributed by atoms with E-state index in [1.165, 1.54) is 0 Å². The number of aromatic nitrogens is 4. The molecule has 0 saturated heterocycles. The lowest BCUT2D eigenvalue weighted by molar-refractivity contribution is 0.173. The predicted molar refractivity (Wildman–Crippen MR) is 78.9 cm³/mol. The van der Waals surface area contributed by atoms with Crippen molar-refractivity contribution in [2.45, 2.75) is 45.8 Å². The summed E-state index contributed by atoms with van der Waals surface area (Å²) in [5.74, 6) is 1.07. The molecule has 2 aromatic rings. The average molecular weight is 297 g/mol. The topological polar surface area (TPSA) is 55.9 Å². The van der Waals surface area contributed by atoms with Crippen molar-refractivity contribution in [3.8, 4) is 0 Å². The summed E-state index contributed by atoms with van der Waals surface area (Å²) in [7, 11) is 1.79. The van der Waals surface area contributed by atoms with E-state index >= 15 is 0 Å². The molecule has 0 radical (unpaired) electrons. The maximum atomic E-state index is 10.5. The van der Waals surface area contributed by atoms with E-state index in [0.29, 0.717) is 11.6 Å². The Morgan fingerprint density at radius 3 is 2.70 bits per heavy atom. The fourth-order valence-corrected chi connectivity index (χ4v) is 2.63. The molecule has 0 aliphatic carbocycles. The standard InChI is InChI=1S/C14H21ClN4O/c1-5-19-7-6-16-11(19)8-10(20)12-13(9(2)3)17-18(4)14(12)15/h6-7,9-10,20H,5,8H2,1-4H3. The minimum Gasteiger partial charge on any atom is -0.388 e. The maximum Gasteiger partial charge on any atom is 0.132 e. The number of nitrogens with zero attached hydrogens (tertiary/aromatic N) is 4. The first kappa shape index (κ1) is 15.1. The Morgan fingerprint density at radius 1 is 1.40 bits per heavy atom. The minimum atomic E-state index is -0.693. The minimum absolute atomic E-state index is 0.212. The molecular formula is C14H21ClN4O. The maximum absolute atomic E-state index is 10.5. The molecule has 0 bridgehead atoms. The molecule has 0 amide bonds. The van der Waals surface area contributed by atoms with Crippen LogP contribution in [0.15, 0.2) is 12.4 Å². The van der Waals surface area contributed by atoms with E-state index in [1.807, 2.05) is 31.5 Å². The SMILES string of the molecule is CCn1ccnc1CC(O)c1c(C(C)C)nn(C)c1Cl. The van der Waals surface area contributed by atoms with Gasteiger partial charge in [-0.05, 0) is 12.8 Å². The van der Waals surface area contributed by atoms with E-state index in [9.17, 15) is 5.11 Å². The first-order valence-corrected chi connectivity index (χ1v) is 7.23. The van der Waals surface area contributed by atoms with Gasteiger partial charge in [0, 0.05) is 38.0 Å². The third-order valence-corrected chi connectivity index (χ3v) is 3.89. The van der Waals surface area contributed by atoms with Crippen LogP contribution in [0.4, 0.5) is 0 Å². The zero-order valence-electron chi connectivity index (χ0n) is 12.3. The fraction of sp³-hybridized carbons (Fsp3) is 0.571. The third kappa shape index (κ3) is 2.74. The van der Waals surface area contributed by atoms with Crippen molar-refractivity contribution in [2.75, 3.05) is 0 Å². The van der Waals surface area contributed by atoms with E-state index in [4.69, 9.17) is 11.6 Å². The molecule has 110 valence electrons. The Labute approximate surface area is 124 Å². The monoisotopic (exact) mass is 296 g/mol. The lowest BCUT2D eigenvalue weighted by atomic mass is 10.0. The van der Waals surface area contributed by atoms with Crippen LogP contribution >= 0.6 is 11.6 Å². The smallest absolute Gasteiger partial charge is 0.132 e. The van der Waals surface area contributed by atoms with Crippen molar-refractivity contribution in [3.05, 3.63) is 34.6 Å². The Kier molecular flexibility index (Phi) is 4.50. The second-order valence-corrected chi connectivity index (χ2v) is 5.58. The lowest BCUT2D eigenvalue weighted by Gasteiger charge is -2.13. The first-order valence-electron chi connectivity index (χ1n) is 6.86. The molecule has 2 aromatic heterocycles. The Morgan fingerprint density at radius 2 is 2.10 bits per heavy atom. The number of rotatable bonds is 5. The van der Waals surface area contributed by atoms with Gasteiger partial charge in [0.05, 0.1) is 11.8 Å². The van der Waals surface area contributed by atoms with Crippen molar-refractivity contribution in [1.82, 2.24) is 19.3 Å². The lowest BCUT2D eigenvalue weighted by Crippen LogP contribution is -2.10. The van der Waals surface area contributed by atoms with Crippen LogP contribution in [0.1, 0.15) is 49.9 Å². The van der Waals surface area contributed by atoms with Crippen LogP contribution in [-0.2, 0) is 20.0 Å². The number of hydrogen-bond donors (Lipinski definition) is 1. The number of imidazole rings is 1. The molecule has 20 heavy (non-hydrogen) atoms. The Bertz CT molecular complexity index is 588. The Hall–Kier alpha value is -1.33. The van der Waals surface area contributed by atoms with Gasteiger partial charge in [-0.1, -0.05) is 25.4 Å². The quantitative estimate of drug-likeness (QED) is 0.923. The molecule has 1 unspecified atom stereocenters. The number of aryl methyl sites for hydroxylation is 2. The van der Waals surface area contributed by atoms with Gasteiger partial charge in [0.25, 0.3) is 0 Å². The Balaban J connectivity index is 2.31. The molecule has 2 heterocycles. The van der Waals surface area contributed by atoms with Gasteiger partial charge in [0.15, 0.2) is 0 Å². The molecule has 2 rings (SSSR count). The van der Waals surface area contributed by atoms with Gasteiger partial charge in [-0.15, -0.1) is 0 Å². The summed E-state index contributed by atoms with van der Waals surface area (Å²) >= 11 is 6.28. The average Bonchev–Trinajstić information content (AvgIpc) is 2.95. The van der Waals surface area contributed by atoms with Crippen LogP contribution in [0.3, 0.4) is 0 Å². The molecule has 0 spiro atoms. The molecule has 1 N–H and O–H groups in total. The van der Waals surface area contributed by atoms with Crippen molar-refractivity contribution in [3.63, 3.8) is 0 Å². The molecule has 6 heteroatoms. The summed E-state index contributed by atoms with van der Waals surface area (Å²) in [4.78, 5) is 4.30. The van der Waals surface area contributed by atoms with Crippen molar-refractivity contribution in [1.29, 1.82) is 0 Å². The number of hydrogen-bond acceptors (Lipinski definition) is 3.